The van der Waals surface area contributed by atoms with Crippen LogP contribution in [0.3, 0.4) is 0 Å². The molecule has 0 saturated heterocycles. The van der Waals surface area contributed by atoms with Crippen LogP contribution >= 0.6 is 11.6 Å². The number of carbonyl (C=O) groups excluding carboxylic acids is 2. The number of amides is 1. The zero-order chi connectivity index (χ0) is 24.1. The number of anilines is 1. The van der Waals surface area contributed by atoms with Gasteiger partial charge in [0.2, 0.25) is 5.78 Å². The predicted molar refractivity (Wildman–Crippen MR) is 128 cm³/mol. The summed E-state index contributed by atoms with van der Waals surface area (Å²) in [5.74, 6) is -2.94. The number of aliphatic hydroxyl groups is 1. The largest absolute Gasteiger partial charge is 0.503 e. The molecule has 5 rings (SSSR count). The van der Waals surface area contributed by atoms with Crippen LogP contribution in [0, 0.1) is 19.7 Å². The third-order valence-corrected chi connectivity index (χ3v) is 6.36. The summed E-state index contributed by atoms with van der Waals surface area (Å²) in [5, 5.41) is 11.9. The van der Waals surface area contributed by atoms with Crippen LogP contribution in [0.4, 0.5) is 10.1 Å². The number of ketones is 1. The van der Waals surface area contributed by atoms with Crippen LogP contribution in [-0.4, -0.2) is 16.8 Å². The van der Waals surface area contributed by atoms with E-state index in [-0.39, 0.29) is 16.9 Å². The maximum atomic E-state index is 15.0. The molecule has 1 unspecified atom stereocenters. The zero-order valence-electron chi connectivity index (χ0n) is 18.3. The molecule has 1 aliphatic rings. The third-order valence-electron chi connectivity index (χ3n) is 6.12. The summed E-state index contributed by atoms with van der Waals surface area (Å²) in [6, 6.07) is 16.4. The summed E-state index contributed by atoms with van der Waals surface area (Å²) in [6.45, 7) is 3.81. The highest BCUT2D eigenvalue weighted by molar-refractivity contribution is 6.31. The van der Waals surface area contributed by atoms with E-state index in [0.717, 1.165) is 11.1 Å². The minimum Gasteiger partial charge on any atom is -0.503 e. The second-order valence-electron chi connectivity index (χ2n) is 8.25. The van der Waals surface area contributed by atoms with Crippen molar-refractivity contribution in [3.8, 4) is 0 Å². The van der Waals surface area contributed by atoms with Gasteiger partial charge in [0.25, 0.3) is 5.91 Å². The van der Waals surface area contributed by atoms with E-state index in [0.29, 0.717) is 21.7 Å². The molecule has 0 saturated carbocycles. The number of rotatable bonds is 4. The molecule has 3 aromatic carbocycles. The smallest absolute Gasteiger partial charge is 0.294 e. The molecule has 5 nitrogen and oxygen atoms in total. The molecule has 4 aromatic rings. The van der Waals surface area contributed by atoms with Crippen molar-refractivity contribution in [2.45, 2.75) is 19.9 Å². The van der Waals surface area contributed by atoms with Gasteiger partial charge in [-0.2, -0.15) is 0 Å². The predicted octanol–water partition coefficient (Wildman–Crippen LogP) is 6.63. The average molecular weight is 476 g/mol. The Balaban J connectivity index is 1.68. The molecule has 0 spiro atoms. The van der Waals surface area contributed by atoms with E-state index in [2.05, 4.69) is 0 Å². The van der Waals surface area contributed by atoms with Gasteiger partial charge in [-0.3, -0.25) is 14.5 Å². The quantitative estimate of drug-likeness (QED) is 0.336. The highest BCUT2D eigenvalue weighted by atomic mass is 35.5. The highest BCUT2D eigenvalue weighted by Crippen LogP contribution is 2.43. The van der Waals surface area contributed by atoms with Gasteiger partial charge in [0.1, 0.15) is 11.4 Å². The number of hydrogen-bond acceptors (Lipinski definition) is 4. The van der Waals surface area contributed by atoms with Crippen LogP contribution in [0.15, 0.2) is 82.5 Å². The Bertz CT molecular complexity index is 1520. The summed E-state index contributed by atoms with van der Waals surface area (Å²) in [4.78, 5) is 28.1. The number of Topliss-reactive ketones (excluding diaryl/α,β-unsaturated/α-hetero) is 1. The molecule has 2 heterocycles. The Labute approximate surface area is 199 Å². The molecular weight excluding hydrogens is 457 g/mol. The van der Waals surface area contributed by atoms with Gasteiger partial charge in [-0.05, 0) is 67.4 Å². The number of aliphatic hydroxyl groups excluding tert-OH is 1. The van der Waals surface area contributed by atoms with E-state index in [1.807, 2.05) is 19.9 Å². The molecule has 0 fully saturated rings. The molecule has 1 N–H and O–H groups in total. The molecule has 1 amide bonds. The van der Waals surface area contributed by atoms with Crippen molar-refractivity contribution in [2.75, 3.05) is 4.90 Å². The third kappa shape index (κ3) is 3.47. The van der Waals surface area contributed by atoms with Crippen LogP contribution in [0.5, 0.6) is 0 Å². The molecule has 1 aromatic heterocycles. The minimum atomic E-state index is -1.18. The van der Waals surface area contributed by atoms with Crippen molar-refractivity contribution < 1.29 is 23.5 Å². The minimum absolute atomic E-state index is 0.0839. The first-order chi connectivity index (χ1) is 16.3. The molecule has 1 aliphatic heterocycles. The Morgan fingerprint density at radius 2 is 1.79 bits per heavy atom. The van der Waals surface area contributed by atoms with Gasteiger partial charge in [0, 0.05) is 21.7 Å². The van der Waals surface area contributed by atoms with Gasteiger partial charge in [-0.15, -0.1) is 0 Å². The molecule has 34 heavy (non-hydrogen) atoms. The summed E-state index contributed by atoms with van der Waals surface area (Å²) in [6.07, 6.45) is 0. The van der Waals surface area contributed by atoms with E-state index < -0.39 is 29.3 Å². The molecule has 1 atom stereocenters. The Kier molecular flexibility index (Phi) is 5.25. The van der Waals surface area contributed by atoms with Gasteiger partial charge in [-0.25, -0.2) is 4.39 Å². The molecule has 170 valence electrons. The van der Waals surface area contributed by atoms with Crippen molar-refractivity contribution in [1.29, 1.82) is 0 Å². The van der Waals surface area contributed by atoms with E-state index in [1.165, 1.54) is 29.2 Å². The van der Waals surface area contributed by atoms with Crippen molar-refractivity contribution in [2.24, 2.45) is 0 Å². The summed E-state index contributed by atoms with van der Waals surface area (Å²) >= 11 is 6.04. The number of fused-ring (bicyclic) bond motifs is 1. The zero-order valence-corrected chi connectivity index (χ0v) is 19.1. The highest BCUT2D eigenvalue weighted by Gasteiger charge is 2.46. The van der Waals surface area contributed by atoms with Crippen LogP contribution in [0.2, 0.25) is 5.02 Å². The maximum absolute atomic E-state index is 15.0. The van der Waals surface area contributed by atoms with Crippen LogP contribution in [0.25, 0.3) is 11.0 Å². The van der Waals surface area contributed by atoms with Crippen LogP contribution < -0.4 is 4.90 Å². The van der Waals surface area contributed by atoms with E-state index >= 15 is 0 Å². The monoisotopic (exact) mass is 475 g/mol. The number of halogens is 2. The molecule has 0 aliphatic carbocycles. The fraction of sp³-hybridized carbons (Fsp3) is 0.111. The van der Waals surface area contributed by atoms with E-state index in [4.69, 9.17) is 16.0 Å². The van der Waals surface area contributed by atoms with Gasteiger partial charge in [0.15, 0.2) is 11.5 Å². The lowest BCUT2D eigenvalue weighted by atomic mass is 9.94. The molecule has 0 radical (unpaired) electrons. The van der Waals surface area contributed by atoms with Crippen molar-refractivity contribution >= 4 is 39.9 Å². The fourth-order valence-electron chi connectivity index (χ4n) is 4.23. The first kappa shape index (κ1) is 21.9. The molecular formula is C27H19ClFNO4. The summed E-state index contributed by atoms with van der Waals surface area (Å²) < 4.78 is 20.7. The Morgan fingerprint density at radius 3 is 2.53 bits per heavy atom. The van der Waals surface area contributed by atoms with Crippen LogP contribution in [-0.2, 0) is 4.79 Å². The number of nitrogens with zero attached hydrogens (tertiary/aromatic N) is 1. The van der Waals surface area contributed by atoms with E-state index in [1.54, 1.807) is 36.4 Å². The number of aryl methyl sites for hydroxylation is 2. The van der Waals surface area contributed by atoms with Crippen molar-refractivity contribution in [3.05, 3.63) is 111 Å². The molecule has 0 bridgehead atoms. The lowest BCUT2D eigenvalue weighted by Gasteiger charge is -2.27. The SMILES string of the molecule is Cc1ccc(N2C(=O)C(O)=C(C(=O)c3cc4cc(Cl)ccc4o3)C2c2ccccc2F)cc1C. The van der Waals surface area contributed by atoms with Gasteiger partial charge < -0.3 is 9.52 Å². The van der Waals surface area contributed by atoms with Crippen molar-refractivity contribution in [1.82, 2.24) is 0 Å². The topological polar surface area (TPSA) is 70.8 Å². The number of hydrogen-bond donors (Lipinski definition) is 1. The second kappa shape index (κ2) is 8.15. The van der Waals surface area contributed by atoms with Gasteiger partial charge >= 0.3 is 0 Å². The Morgan fingerprint density at radius 1 is 1.03 bits per heavy atom. The maximum Gasteiger partial charge on any atom is 0.294 e. The first-order valence-corrected chi connectivity index (χ1v) is 11.0. The average Bonchev–Trinajstić information content (AvgIpc) is 3.34. The van der Waals surface area contributed by atoms with Gasteiger partial charge in [-0.1, -0.05) is 35.9 Å². The van der Waals surface area contributed by atoms with Crippen molar-refractivity contribution in [3.63, 3.8) is 0 Å². The number of furan rings is 1. The number of carbonyl (C=O) groups is 2. The fourth-order valence-corrected chi connectivity index (χ4v) is 4.41. The lowest BCUT2D eigenvalue weighted by molar-refractivity contribution is -0.117. The van der Waals surface area contributed by atoms with Crippen LogP contribution in [0.1, 0.15) is 33.3 Å². The normalized spacial score (nSPS) is 16.1. The first-order valence-electron chi connectivity index (χ1n) is 10.6. The summed E-state index contributed by atoms with van der Waals surface area (Å²) in [5.41, 5.74) is 2.61. The van der Waals surface area contributed by atoms with Gasteiger partial charge in [0.05, 0.1) is 11.6 Å². The number of benzene rings is 3. The standard InChI is InChI=1S/C27H19ClFNO4/c1-14-7-9-18(11-15(14)2)30-24(19-5-3-4-6-20(19)29)23(26(32)27(30)33)25(31)22-13-16-12-17(28)8-10-21(16)34-22/h3-13,24,32H,1-2H3. The molecule has 7 heteroatoms. The lowest BCUT2D eigenvalue weighted by Crippen LogP contribution is -2.31. The Hall–Kier alpha value is -3.90. The van der Waals surface area contributed by atoms with E-state index in [9.17, 15) is 19.1 Å². The summed E-state index contributed by atoms with van der Waals surface area (Å²) in [7, 11) is 0. The second-order valence-corrected chi connectivity index (χ2v) is 8.69.